The molecule has 2 N–H and O–H groups in total. The third-order valence-electron chi connectivity index (χ3n) is 3.31. The lowest BCUT2D eigenvalue weighted by molar-refractivity contribution is 0.477. The second-order valence-electron chi connectivity index (χ2n) is 4.77. The number of nitrogens with one attached hydrogen (secondary N) is 1. The quantitative estimate of drug-likeness (QED) is 0.707. The molecule has 21 heavy (non-hydrogen) atoms. The van der Waals surface area contributed by atoms with E-state index in [1.807, 2.05) is 19.1 Å². The number of phenols is 1. The second kappa shape index (κ2) is 5.69. The Labute approximate surface area is 127 Å². The third-order valence-corrected chi connectivity index (χ3v) is 4.49. The first-order valence-corrected chi connectivity index (χ1v) is 7.87. The number of hydrogen-bond acceptors (Lipinski definition) is 5. The van der Waals surface area contributed by atoms with Gasteiger partial charge in [0, 0.05) is 11.3 Å². The van der Waals surface area contributed by atoms with E-state index in [9.17, 15) is 5.11 Å². The van der Waals surface area contributed by atoms with Gasteiger partial charge in [-0.1, -0.05) is 26.0 Å². The average Bonchev–Trinajstić information content (AvgIpc) is 2.92. The zero-order valence-electron chi connectivity index (χ0n) is 12.1. The van der Waals surface area contributed by atoms with Crippen molar-refractivity contribution in [1.29, 1.82) is 0 Å². The predicted molar refractivity (Wildman–Crippen MR) is 87.6 cm³/mol. The zero-order chi connectivity index (χ0) is 14.8. The SMILES string of the molecule is CCc1nc(Nc2ccccc2O)c2cc(CC)sc2n1. The molecular formula is C16H17N3OS. The first kappa shape index (κ1) is 13.8. The van der Waals surface area contributed by atoms with Crippen molar-refractivity contribution in [1.82, 2.24) is 9.97 Å². The average molecular weight is 299 g/mol. The predicted octanol–water partition coefficient (Wildman–Crippen LogP) is 4.27. The van der Waals surface area contributed by atoms with E-state index in [0.717, 1.165) is 34.7 Å². The van der Waals surface area contributed by atoms with Crippen molar-refractivity contribution in [2.24, 2.45) is 0 Å². The van der Waals surface area contributed by atoms with E-state index in [0.29, 0.717) is 5.69 Å². The van der Waals surface area contributed by atoms with Gasteiger partial charge in [0.05, 0.1) is 11.1 Å². The maximum absolute atomic E-state index is 9.92. The zero-order valence-corrected chi connectivity index (χ0v) is 12.9. The van der Waals surface area contributed by atoms with Crippen LogP contribution in [-0.2, 0) is 12.8 Å². The lowest BCUT2D eigenvalue weighted by atomic mass is 10.2. The van der Waals surface area contributed by atoms with Crippen LogP contribution >= 0.6 is 11.3 Å². The highest BCUT2D eigenvalue weighted by atomic mass is 32.1. The topological polar surface area (TPSA) is 58.0 Å². The van der Waals surface area contributed by atoms with Crippen LogP contribution in [0.25, 0.3) is 10.2 Å². The Balaban J connectivity index is 2.11. The van der Waals surface area contributed by atoms with Crippen LogP contribution < -0.4 is 5.32 Å². The molecule has 0 unspecified atom stereocenters. The molecule has 5 heteroatoms. The molecular weight excluding hydrogens is 282 g/mol. The molecule has 0 radical (unpaired) electrons. The minimum atomic E-state index is 0.216. The van der Waals surface area contributed by atoms with Gasteiger partial charge in [-0.2, -0.15) is 0 Å². The fourth-order valence-corrected chi connectivity index (χ4v) is 3.14. The fourth-order valence-electron chi connectivity index (χ4n) is 2.15. The van der Waals surface area contributed by atoms with Gasteiger partial charge in [-0.3, -0.25) is 0 Å². The summed E-state index contributed by atoms with van der Waals surface area (Å²) in [5.74, 6) is 1.78. The monoisotopic (exact) mass is 299 g/mol. The molecule has 0 atom stereocenters. The molecule has 3 rings (SSSR count). The molecule has 4 nitrogen and oxygen atoms in total. The minimum absolute atomic E-state index is 0.216. The van der Waals surface area contributed by atoms with Crippen LogP contribution in [0, 0.1) is 0 Å². The van der Waals surface area contributed by atoms with Crippen LogP contribution in [0.15, 0.2) is 30.3 Å². The van der Waals surface area contributed by atoms with Crippen LogP contribution in [0.4, 0.5) is 11.5 Å². The lowest BCUT2D eigenvalue weighted by Crippen LogP contribution is -1.99. The van der Waals surface area contributed by atoms with Gasteiger partial charge in [0.2, 0.25) is 0 Å². The Morgan fingerprint density at radius 2 is 1.95 bits per heavy atom. The largest absolute Gasteiger partial charge is 0.506 e. The Kier molecular flexibility index (Phi) is 3.75. The van der Waals surface area contributed by atoms with Crippen molar-refractivity contribution >= 4 is 33.1 Å². The van der Waals surface area contributed by atoms with Crippen LogP contribution in [0.1, 0.15) is 24.5 Å². The first-order chi connectivity index (χ1) is 10.2. The van der Waals surface area contributed by atoms with Crippen molar-refractivity contribution in [3.63, 3.8) is 0 Å². The number of hydrogen-bond donors (Lipinski definition) is 2. The number of aryl methyl sites for hydroxylation is 2. The normalized spacial score (nSPS) is 11.0. The van der Waals surface area contributed by atoms with Gasteiger partial charge in [0.15, 0.2) is 0 Å². The van der Waals surface area contributed by atoms with Crippen molar-refractivity contribution in [3.05, 3.63) is 41.0 Å². The molecule has 0 aliphatic carbocycles. The van der Waals surface area contributed by atoms with Gasteiger partial charge in [0.25, 0.3) is 0 Å². The molecule has 0 saturated carbocycles. The van der Waals surface area contributed by atoms with Crippen molar-refractivity contribution in [3.8, 4) is 5.75 Å². The molecule has 1 aromatic carbocycles. The Morgan fingerprint density at radius 3 is 2.67 bits per heavy atom. The summed E-state index contributed by atoms with van der Waals surface area (Å²) in [6, 6.07) is 9.30. The van der Waals surface area contributed by atoms with Gasteiger partial charge in [-0.25, -0.2) is 9.97 Å². The number of phenolic OH excluding ortho intramolecular Hbond substituents is 1. The summed E-state index contributed by atoms with van der Waals surface area (Å²) in [5, 5.41) is 14.2. The fraction of sp³-hybridized carbons (Fsp3) is 0.250. The Bertz CT molecular complexity index is 782. The summed E-state index contributed by atoms with van der Waals surface area (Å²) >= 11 is 1.70. The maximum atomic E-state index is 9.92. The molecule has 2 heterocycles. The lowest BCUT2D eigenvalue weighted by Gasteiger charge is -2.09. The van der Waals surface area contributed by atoms with E-state index in [4.69, 9.17) is 0 Å². The maximum Gasteiger partial charge on any atom is 0.143 e. The van der Waals surface area contributed by atoms with Gasteiger partial charge >= 0.3 is 0 Å². The molecule has 0 aliphatic heterocycles. The van der Waals surface area contributed by atoms with Crippen LogP contribution in [-0.4, -0.2) is 15.1 Å². The number of benzene rings is 1. The molecule has 108 valence electrons. The highest BCUT2D eigenvalue weighted by molar-refractivity contribution is 7.18. The summed E-state index contributed by atoms with van der Waals surface area (Å²) in [6.07, 6.45) is 1.77. The molecule has 0 saturated heterocycles. The van der Waals surface area contributed by atoms with E-state index >= 15 is 0 Å². The number of thiophene rings is 1. The van der Waals surface area contributed by atoms with Crippen LogP contribution in [0.3, 0.4) is 0 Å². The molecule has 3 aromatic rings. The number of rotatable bonds is 4. The summed E-state index contributed by atoms with van der Waals surface area (Å²) in [7, 11) is 0. The summed E-state index contributed by atoms with van der Waals surface area (Å²) in [5.41, 5.74) is 0.656. The number of fused-ring (bicyclic) bond motifs is 1. The number of aromatic nitrogens is 2. The molecule has 0 spiro atoms. The molecule has 2 aromatic heterocycles. The van der Waals surface area contributed by atoms with E-state index in [-0.39, 0.29) is 5.75 Å². The van der Waals surface area contributed by atoms with Crippen molar-refractivity contribution < 1.29 is 5.11 Å². The highest BCUT2D eigenvalue weighted by Crippen LogP contribution is 2.33. The van der Waals surface area contributed by atoms with Gasteiger partial charge in [-0.15, -0.1) is 11.3 Å². The van der Waals surface area contributed by atoms with Crippen LogP contribution in [0.2, 0.25) is 0 Å². The number of para-hydroxylation sites is 2. The van der Waals surface area contributed by atoms with E-state index in [2.05, 4.69) is 28.3 Å². The van der Waals surface area contributed by atoms with E-state index in [1.165, 1.54) is 4.88 Å². The summed E-state index contributed by atoms with van der Waals surface area (Å²) in [6.45, 7) is 4.17. The Hall–Kier alpha value is -2.14. The molecule has 0 bridgehead atoms. The van der Waals surface area contributed by atoms with Crippen molar-refractivity contribution in [2.45, 2.75) is 26.7 Å². The molecule has 0 aliphatic rings. The third kappa shape index (κ3) is 2.69. The smallest absolute Gasteiger partial charge is 0.143 e. The summed E-state index contributed by atoms with van der Waals surface area (Å²) < 4.78 is 0. The van der Waals surface area contributed by atoms with Gasteiger partial charge < -0.3 is 10.4 Å². The number of nitrogens with zero attached hydrogens (tertiary/aromatic N) is 2. The molecule has 0 fully saturated rings. The Morgan fingerprint density at radius 1 is 1.14 bits per heavy atom. The highest BCUT2D eigenvalue weighted by Gasteiger charge is 2.12. The second-order valence-corrected chi connectivity index (χ2v) is 5.88. The molecule has 0 amide bonds. The van der Waals surface area contributed by atoms with Gasteiger partial charge in [-0.05, 0) is 24.6 Å². The van der Waals surface area contributed by atoms with E-state index < -0.39 is 0 Å². The summed E-state index contributed by atoms with van der Waals surface area (Å²) in [4.78, 5) is 11.5. The first-order valence-electron chi connectivity index (χ1n) is 7.05. The van der Waals surface area contributed by atoms with Crippen LogP contribution in [0.5, 0.6) is 5.75 Å². The standard InChI is InChI=1S/C16H17N3OS/c1-3-10-9-11-15(17-12-7-5-6-8-13(12)20)18-14(4-2)19-16(11)21-10/h5-9,20H,3-4H2,1-2H3,(H,17,18,19). The van der Waals surface area contributed by atoms with Gasteiger partial charge in [0.1, 0.15) is 22.2 Å². The minimum Gasteiger partial charge on any atom is -0.506 e. The number of aromatic hydroxyl groups is 1. The van der Waals surface area contributed by atoms with E-state index in [1.54, 1.807) is 23.5 Å². The van der Waals surface area contributed by atoms with Crippen molar-refractivity contribution in [2.75, 3.05) is 5.32 Å². The number of anilines is 2.